The van der Waals surface area contributed by atoms with E-state index in [-0.39, 0.29) is 12.4 Å². The van der Waals surface area contributed by atoms with Crippen LogP contribution in [0, 0.1) is 0 Å². The number of hydrogen-bond acceptors (Lipinski definition) is 4. The number of aliphatic hydroxyl groups is 1. The lowest BCUT2D eigenvalue weighted by Gasteiger charge is -2.20. The molecule has 0 atom stereocenters. The van der Waals surface area contributed by atoms with E-state index in [0.29, 0.717) is 0 Å². The number of amidine groups is 1. The van der Waals surface area contributed by atoms with Crippen molar-refractivity contribution in [3.63, 3.8) is 0 Å². The molecule has 0 saturated carbocycles. The fourth-order valence-corrected chi connectivity index (χ4v) is 0.907. The summed E-state index contributed by atoms with van der Waals surface area (Å²) in [7, 11) is 0. The van der Waals surface area contributed by atoms with Crippen molar-refractivity contribution in [2.24, 2.45) is 10.9 Å². The lowest BCUT2D eigenvalue weighted by molar-refractivity contribution is -0.132. The van der Waals surface area contributed by atoms with E-state index in [2.05, 4.69) is 5.16 Å². The Balaban J connectivity index is 4.28. The molecule has 0 aliphatic rings. The zero-order chi connectivity index (χ0) is 11.8. The molecule has 0 aromatic rings. The minimum atomic E-state index is -2.69. The van der Waals surface area contributed by atoms with Crippen LogP contribution in [-0.4, -0.2) is 53.1 Å². The molecule has 0 aliphatic heterocycles. The van der Waals surface area contributed by atoms with Gasteiger partial charge in [0.2, 0.25) is 5.91 Å². The van der Waals surface area contributed by atoms with Crippen LogP contribution < -0.4 is 5.73 Å². The first-order valence-electron chi connectivity index (χ1n) is 4.14. The number of rotatable bonds is 6. The highest BCUT2D eigenvalue weighted by Gasteiger charge is 2.18. The molecule has 0 radical (unpaired) electrons. The fraction of sp³-hybridized carbons (Fsp3) is 0.714. The van der Waals surface area contributed by atoms with Crippen molar-refractivity contribution in [2.75, 3.05) is 19.7 Å². The van der Waals surface area contributed by atoms with Crippen molar-refractivity contribution < 1.29 is 23.9 Å². The number of oxime groups is 1. The van der Waals surface area contributed by atoms with E-state index in [4.69, 9.17) is 16.0 Å². The zero-order valence-corrected chi connectivity index (χ0v) is 7.94. The average molecular weight is 225 g/mol. The van der Waals surface area contributed by atoms with E-state index in [1.54, 1.807) is 0 Å². The summed E-state index contributed by atoms with van der Waals surface area (Å²) in [5.41, 5.74) is 5.04. The minimum Gasteiger partial charge on any atom is -0.409 e. The molecule has 88 valence electrons. The number of nitrogens with zero attached hydrogens (tertiary/aromatic N) is 2. The summed E-state index contributed by atoms with van der Waals surface area (Å²) in [4.78, 5) is 12.0. The van der Waals surface area contributed by atoms with E-state index in [1.807, 2.05) is 0 Å². The molecular weight excluding hydrogens is 212 g/mol. The van der Waals surface area contributed by atoms with Gasteiger partial charge in [0.1, 0.15) is 5.84 Å². The first-order chi connectivity index (χ1) is 7.01. The number of hydrogen-bond donors (Lipinski definition) is 3. The molecule has 0 spiro atoms. The third kappa shape index (κ3) is 5.78. The standard InChI is InChI=1S/C7H13F2N3O3/c8-5(9)4-12(1-2-13)7(14)3-6(10)11-15/h5,13,15H,1-4H2,(H2,10,11). The highest BCUT2D eigenvalue weighted by molar-refractivity contribution is 5.98. The van der Waals surface area contributed by atoms with Gasteiger partial charge < -0.3 is 20.9 Å². The monoisotopic (exact) mass is 225 g/mol. The second-order valence-corrected chi connectivity index (χ2v) is 2.72. The van der Waals surface area contributed by atoms with Crippen LogP contribution in [-0.2, 0) is 4.79 Å². The van der Waals surface area contributed by atoms with E-state index >= 15 is 0 Å². The topological polar surface area (TPSA) is 99.2 Å². The summed E-state index contributed by atoms with van der Waals surface area (Å²) in [6, 6.07) is 0. The second kappa shape index (κ2) is 6.93. The first-order valence-corrected chi connectivity index (χ1v) is 4.14. The predicted octanol–water partition coefficient (Wildman–Crippen LogP) is -0.791. The third-order valence-corrected chi connectivity index (χ3v) is 1.54. The molecule has 0 aromatic heterocycles. The number of amides is 1. The summed E-state index contributed by atoms with van der Waals surface area (Å²) in [5, 5.41) is 19.3. The van der Waals surface area contributed by atoms with Crippen LogP contribution in [0.4, 0.5) is 8.78 Å². The number of nitrogens with two attached hydrogens (primary N) is 1. The van der Waals surface area contributed by atoms with Gasteiger partial charge in [0.25, 0.3) is 6.43 Å². The van der Waals surface area contributed by atoms with Crippen molar-refractivity contribution >= 4 is 11.7 Å². The van der Waals surface area contributed by atoms with Crippen LogP contribution in [0.5, 0.6) is 0 Å². The summed E-state index contributed by atoms with van der Waals surface area (Å²) in [5.74, 6) is -1.09. The van der Waals surface area contributed by atoms with E-state index < -0.39 is 31.9 Å². The number of aliphatic hydroxyl groups excluding tert-OH is 1. The molecule has 4 N–H and O–H groups in total. The quantitative estimate of drug-likeness (QED) is 0.239. The van der Waals surface area contributed by atoms with Gasteiger partial charge in [-0.25, -0.2) is 8.78 Å². The van der Waals surface area contributed by atoms with Crippen molar-refractivity contribution in [3.05, 3.63) is 0 Å². The van der Waals surface area contributed by atoms with Crippen molar-refractivity contribution in [2.45, 2.75) is 12.8 Å². The lowest BCUT2D eigenvalue weighted by atomic mass is 10.3. The largest absolute Gasteiger partial charge is 0.409 e. The maximum absolute atomic E-state index is 12.0. The predicted molar refractivity (Wildman–Crippen MR) is 47.7 cm³/mol. The second-order valence-electron chi connectivity index (χ2n) is 2.72. The Hall–Kier alpha value is -1.44. The molecule has 0 fully saturated rings. The van der Waals surface area contributed by atoms with Gasteiger partial charge in [-0.2, -0.15) is 0 Å². The molecule has 0 aromatic carbocycles. The molecule has 0 saturated heterocycles. The van der Waals surface area contributed by atoms with Crippen LogP contribution in [0.3, 0.4) is 0 Å². The molecule has 8 heteroatoms. The first kappa shape index (κ1) is 13.6. The normalized spacial score (nSPS) is 11.9. The SMILES string of the molecule is NC(CC(=O)N(CCO)CC(F)F)=NO. The fourth-order valence-electron chi connectivity index (χ4n) is 0.907. The van der Waals surface area contributed by atoms with E-state index in [9.17, 15) is 13.6 Å². The number of carbonyl (C=O) groups excluding carboxylic acids is 1. The van der Waals surface area contributed by atoms with Crippen LogP contribution in [0.25, 0.3) is 0 Å². The van der Waals surface area contributed by atoms with Gasteiger partial charge in [-0.05, 0) is 0 Å². The van der Waals surface area contributed by atoms with E-state index in [1.165, 1.54) is 0 Å². The third-order valence-electron chi connectivity index (χ3n) is 1.54. The summed E-state index contributed by atoms with van der Waals surface area (Å²) >= 11 is 0. The maximum Gasteiger partial charge on any atom is 0.255 e. The Kier molecular flexibility index (Phi) is 6.27. The molecule has 1 amide bonds. The van der Waals surface area contributed by atoms with Gasteiger partial charge >= 0.3 is 0 Å². The van der Waals surface area contributed by atoms with E-state index in [0.717, 1.165) is 4.90 Å². The Labute approximate surface area is 85.0 Å². The van der Waals surface area contributed by atoms with Gasteiger partial charge in [-0.3, -0.25) is 4.79 Å². The van der Waals surface area contributed by atoms with Crippen LogP contribution in [0.1, 0.15) is 6.42 Å². The Bertz CT molecular complexity index is 236. The van der Waals surface area contributed by atoms with Gasteiger partial charge in [0, 0.05) is 6.54 Å². The number of alkyl halides is 2. The molecule has 6 nitrogen and oxygen atoms in total. The average Bonchev–Trinajstić information content (AvgIpc) is 2.16. The van der Waals surface area contributed by atoms with Gasteiger partial charge in [0.05, 0.1) is 19.6 Å². The highest BCUT2D eigenvalue weighted by atomic mass is 19.3. The maximum atomic E-state index is 12.0. The van der Waals surface area contributed by atoms with Gasteiger partial charge in [0.15, 0.2) is 0 Å². The number of halogens is 2. The molecule has 0 unspecified atom stereocenters. The Morgan fingerprint density at radius 1 is 1.53 bits per heavy atom. The molecule has 0 aliphatic carbocycles. The van der Waals surface area contributed by atoms with Crippen molar-refractivity contribution in [1.29, 1.82) is 0 Å². The van der Waals surface area contributed by atoms with Crippen molar-refractivity contribution in [1.82, 2.24) is 4.90 Å². The van der Waals surface area contributed by atoms with Crippen molar-refractivity contribution in [3.8, 4) is 0 Å². The molecule has 0 bridgehead atoms. The smallest absolute Gasteiger partial charge is 0.255 e. The van der Waals surface area contributed by atoms with Crippen LogP contribution >= 0.6 is 0 Å². The Morgan fingerprint density at radius 2 is 2.13 bits per heavy atom. The van der Waals surface area contributed by atoms with Gasteiger partial charge in [-0.1, -0.05) is 5.16 Å². The highest BCUT2D eigenvalue weighted by Crippen LogP contribution is 2.01. The van der Waals surface area contributed by atoms with Gasteiger partial charge in [-0.15, -0.1) is 0 Å². The summed E-state index contributed by atoms with van der Waals surface area (Å²) in [6.45, 7) is -1.41. The zero-order valence-electron chi connectivity index (χ0n) is 7.94. The Morgan fingerprint density at radius 3 is 2.53 bits per heavy atom. The summed E-state index contributed by atoms with van der Waals surface area (Å²) < 4.78 is 24.0. The molecule has 15 heavy (non-hydrogen) atoms. The van der Waals surface area contributed by atoms with Crippen LogP contribution in [0.15, 0.2) is 5.16 Å². The number of carbonyl (C=O) groups is 1. The molecule has 0 rings (SSSR count). The summed E-state index contributed by atoms with van der Waals surface area (Å²) in [6.07, 6.45) is -3.14. The molecule has 0 heterocycles. The molecular formula is C7H13F2N3O3. The van der Waals surface area contributed by atoms with Crippen LogP contribution in [0.2, 0.25) is 0 Å². The lowest BCUT2D eigenvalue weighted by Crippen LogP contribution is -2.39. The minimum absolute atomic E-state index is 0.206.